The van der Waals surface area contributed by atoms with Gasteiger partial charge in [0.15, 0.2) is 0 Å². The number of para-hydroxylation sites is 1. The lowest BCUT2D eigenvalue weighted by Gasteiger charge is -2.53. The molecule has 5 heteroatoms. The van der Waals surface area contributed by atoms with Crippen molar-refractivity contribution in [1.82, 2.24) is 5.32 Å². The number of nitrogens with one attached hydrogen (secondary N) is 1. The molecule has 30 heavy (non-hydrogen) atoms. The highest BCUT2D eigenvalue weighted by Crippen LogP contribution is 2.50. The van der Waals surface area contributed by atoms with Gasteiger partial charge >= 0.3 is 0 Å². The average molecular weight is 407 g/mol. The largest absolute Gasteiger partial charge is 0.385 e. The second-order valence-electron chi connectivity index (χ2n) is 8.30. The highest BCUT2D eigenvalue weighted by atomic mass is 16.5. The Morgan fingerprint density at radius 1 is 1.07 bits per heavy atom. The summed E-state index contributed by atoms with van der Waals surface area (Å²) in [6, 6.07) is 17.5. The number of fused-ring (bicyclic) bond motifs is 1. The van der Waals surface area contributed by atoms with E-state index in [1.807, 2.05) is 59.5 Å². The molecule has 1 aliphatic heterocycles. The van der Waals surface area contributed by atoms with E-state index in [-0.39, 0.29) is 17.7 Å². The van der Waals surface area contributed by atoms with Crippen LogP contribution in [0, 0.1) is 0 Å². The Kier molecular flexibility index (Phi) is 6.18. The lowest BCUT2D eigenvalue weighted by atomic mass is 9.65. The molecule has 0 saturated heterocycles. The standard InChI is InChI=1S/C25H30N2O3/c1-30-18-10-17-26-23(28)22-20-13-6-7-14-21(20)24(29)27(19-11-4-2-5-12-19)25(22)15-8-3-9-16-25/h2,4-7,11-14,22H,3,8-10,15-18H2,1H3,(H,26,28)/t22-/m0/s1. The molecule has 1 heterocycles. The molecular weight excluding hydrogens is 376 g/mol. The predicted octanol–water partition coefficient (Wildman–Crippen LogP) is 4.29. The molecule has 2 aliphatic rings. The summed E-state index contributed by atoms with van der Waals surface area (Å²) >= 11 is 0. The van der Waals surface area contributed by atoms with E-state index in [4.69, 9.17) is 4.74 Å². The maximum atomic E-state index is 13.7. The molecule has 2 amide bonds. The SMILES string of the molecule is COCCCNC(=O)[C@@H]1c2ccccc2C(=O)N(c2ccccc2)C12CCCCC2. The maximum Gasteiger partial charge on any atom is 0.259 e. The van der Waals surface area contributed by atoms with Gasteiger partial charge in [-0.15, -0.1) is 0 Å². The first kappa shape index (κ1) is 20.6. The van der Waals surface area contributed by atoms with Crippen molar-refractivity contribution in [3.05, 3.63) is 65.7 Å². The fraction of sp³-hybridized carbons (Fsp3) is 0.440. The maximum absolute atomic E-state index is 13.7. The Morgan fingerprint density at radius 2 is 1.77 bits per heavy atom. The lowest BCUT2D eigenvalue weighted by molar-refractivity contribution is -0.124. The first-order valence-electron chi connectivity index (χ1n) is 10.9. The number of hydrogen-bond acceptors (Lipinski definition) is 3. The molecule has 0 radical (unpaired) electrons. The summed E-state index contributed by atoms with van der Waals surface area (Å²) in [6.45, 7) is 1.18. The van der Waals surface area contributed by atoms with Gasteiger partial charge in [0.25, 0.3) is 5.91 Å². The Balaban J connectivity index is 1.81. The van der Waals surface area contributed by atoms with Gasteiger partial charge in [0, 0.05) is 31.5 Å². The van der Waals surface area contributed by atoms with Crippen molar-refractivity contribution < 1.29 is 14.3 Å². The topological polar surface area (TPSA) is 58.6 Å². The number of nitrogens with zero attached hydrogens (tertiary/aromatic N) is 1. The second-order valence-corrected chi connectivity index (χ2v) is 8.30. The van der Waals surface area contributed by atoms with E-state index in [2.05, 4.69) is 5.32 Å². The van der Waals surface area contributed by atoms with Crippen molar-refractivity contribution in [2.24, 2.45) is 0 Å². The van der Waals surface area contributed by atoms with Gasteiger partial charge in [-0.25, -0.2) is 0 Å². The Bertz CT molecular complexity index is 890. The van der Waals surface area contributed by atoms with Gasteiger partial charge in [-0.05, 0) is 43.0 Å². The summed E-state index contributed by atoms with van der Waals surface area (Å²) in [6.07, 6.45) is 5.61. The molecule has 0 unspecified atom stereocenters. The summed E-state index contributed by atoms with van der Waals surface area (Å²) in [4.78, 5) is 29.3. The molecule has 0 bridgehead atoms. The van der Waals surface area contributed by atoms with Gasteiger partial charge in [-0.3, -0.25) is 9.59 Å². The quantitative estimate of drug-likeness (QED) is 0.728. The number of carbonyl (C=O) groups is 2. The van der Waals surface area contributed by atoms with E-state index in [1.54, 1.807) is 7.11 Å². The molecule has 1 N–H and O–H groups in total. The van der Waals surface area contributed by atoms with Crippen molar-refractivity contribution in [1.29, 1.82) is 0 Å². The van der Waals surface area contributed by atoms with Gasteiger partial charge in [0.05, 0.1) is 11.5 Å². The molecule has 5 nitrogen and oxygen atoms in total. The van der Waals surface area contributed by atoms with Crippen molar-refractivity contribution in [2.45, 2.75) is 50.0 Å². The minimum Gasteiger partial charge on any atom is -0.385 e. The number of amides is 2. The molecule has 4 rings (SSSR count). The van der Waals surface area contributed by atoms with E-state index in [9.17, 15) is 9.59 Å². The summed E-state index contributed by atoms with van der Waals surface area (Å²) in [5.74, 6) is -0.370. The van der Waals surface area contributed by atoms with Crippen LogP contribution in [-0.2, 0) is 9.53 Å². The summed E-state index contributed by atoms with van der Waals surface area (Å²) in [7, 11) is 1.67. The fourth-order valence-corrected chi connectivity index (χ4v) is 5.23. The van der Waals surface area contributed by atoms with Crippen molar-refractivity contribution in [2.75, 3.05) is 25.2 Å². The van der Waals surface area contributed by atoms with Gasteiger partial charge in [-0.1, -0.05) is 55.7 Å². The van der Waals surface area contributed by atoms with Crippen LogP contribution in [0.1, 0.15) is 60.4 Å². The van der Waals surface area contributed by atoms with Crippen LogP contribution in [0.15, 0.2) is 54.6 Å². The monoisotopic (exact) mass is 406 g/mol. The third kappa shape index (κ3) is 3.63. The number of benzene rings is 2. The zero-order chi connectivity index (χ0) is 21.0. The third-order valence-electron chi connectivity index (χ3n) is 6.51. The van der Waals surface area contributed by atoms with E-state index in [0.717, 1.165) is 49.8 Å². The summed E-state index contributed by atoms with van der Waals surface area (Å²) < 4.78 is 5.12. The van der Waals surface area contributed by atoms with Crippen molar-refractivity contribution in [3.8, 4) is 0 Å². The molecule has 1 atom stereocenters. The molecule has 2 aromatic rings. The second kappa shape index (κ2) is 9.00. The fourth-order valence-electron chi connectivity index (χ4n) is 5.23. The zero-order valence-corrected chi connectivity index (χ0v) is 17.6. The Morgan fingerprint density at radius 3 is 2.50 bits per heavy atom. The smallest absolute Gasteiger partial charge is 0.259 e. The first-order valence-corrected chi connectivity index (χ1v) is 10.9. The van der Waals surface area contributed by atoms with Crippen LogP contribution >= 0.6 is 0 Å². The van der Waals surface area contributed by atoms with Crippen LogP contribution < -0.4 is 10.2 Å². The van der Waals surface area contributed by atoms with Gasteiger partial charge < -0.3 is 15.0 Å². The molecule has 1 saturated carbocycles. The number of anilines is 1. The van der Waals surface area contributed by atoms with Gasteiger partial charge in [0.1, 0.15) is 0 Å². The van der Waals surface area contributed by atoms with E-state index in [0.29, 0.717) is 18.7 Å². The number of hydrogen-bond donors (Lipinski definition) is 1. The first-order chi connectivity index (χ1) is 14.7. The summed E-state index contributed by atoms with van der Waals surface area (Å²) in [5, 5.41) is 3.13. The van der Waals surface area contributed by atoms with Crippen LogP contribution in [0.4, 0.5) is 5.69 Å². The third-order valence-corrected chi connectivity index (χ3v) is 6.51. The zero-order valence-electron chi connectivity index (χ0n) is 17.6. The Hall–Kier alpha value is -2.66. The van der Waals surface area contributed by atoms with Gasteiger partial charge in [-0.2, -0.15) is 0 Å². The van der Waals surface area contributed by atoms with E-state index in [1.165, 1.54) is 0 Å². The van der Waals surface area contributed by atoms with Crippen LogP contribution in [0.2, 0.25) is 0 Å². The highest BCUT2D eigenvalue weighted by molar-refractivity contribution is 6.12. The predicted molar refractivity (Wildman–Crippen MR) is 118 cm³/mol. The highest BCUT2D eigenvalue weighted by Gasteiger charge is 2.55. The summed E-state index contributed by atoms with van der Waals surface area (Å²) in [5.41, 5.74) is 1.84. The van der Waals surface area contributed by atoms with Crippen LogP contribution in [-0.4, -0.2) is 37.6 Å². The van der Waals surface area contributed by atoms with E-state index < -0.39 is 5.54 Å². The molecular formula is C25H30N2O3. The van der Waals surface area contributed by atoms with E-state index >= 15 is 0 Å². The van der Waals surface area contributed by atoms with Crippen LogP contribution in [0.25, 0.3) is 0 Å². The lowest BCUT2D eigenvalue weighted by Crippen LogP contribution is -2.63. The molecule has 158 valence electrons. The number of methoxy groups -OCH3 is 1. The normalized spacial score (nSPS) is 20.1. The minimum atomic E-state index is -0.531. The molecule has 2 aromatic carbocycles. The Labute approximate surface area is 178 Å². The average Bonchev–Trinajstić information content (AvgIpc) is 2.78. The molecule has 1 fully saturated rings. The molecule has 1 aliphatic carbocycles. The number of carbonyl (C=O) groups excluding carboxylic acids is 2. The number of ether oxygens (including phenoxy) is 1. The molecule has 1 spiro atoms. The number of rotatable bonds is 6. The van der Waals surface area contributed by atoms with Crippen LogP contribution in [0.3, 0.4) is 0 Å². The van der Waals surface area contributed by atoms with Crippen molar-refractivity contribution in [3.63, 3.8) is 0 Å². The minimum absolute atomic E-state index is 0.00197. The van der Waals surface area contributed by atoms with Crippen molar-refractivity contribution >= 4 is 17.5 Å². The van der Waals surface area contributed by atoms with Crippen LogP contribution in [0.5, 0.6) is 0 Å². The molecule has 0 aromatic heterocycles. The van der Waals surface area contributed by atoms with Gasteiger partial charge in [0.2, 0.25) is 5.91 Å².